The molecular weight excluding hydrogens is 793 g/mol. The molecule has 0 nitrogen and oxygen atoms in total. The van der Waals surface area contributed by atoms with Gasteiger partial charge in [-0.05, 0) is 117 Å². The van der Waals surface area contributed by atoms with Crippen molar-refractivity contribution in [2.75, 3.05) is 0 Å². The molecule has 0 heteroatoms. The highest BCUT2D eigenvalue weighted by atomic mass is 14.5. The summed E-state index contributed by atoms with van der Waals surface area (Å²) < 4.78 is 0. The van der Waals surface area contributed by atoms with Gasteiger partial charge in [-0.15, -0.1) is 0 Å². The fourth-order valence-electron chi connectivity index (χ4n) is 10.7. The van der Waals surface area contributed by atoms with Crippen molar-refractivity contribution in [3.05, 3.63) is 288 Å². The van der Waals surface area contributed by atoms with E-state index in [4.69, 9.17) is 0 Å². The van der Waals surface area contributed by atoms with Crippen LogP contribution >= 0.6 is 0 Å². The van der Waals surface area contributed by atoms with Gasteiger partial charge in [0, 0.05) is 0 Å². The van der Waals surface area contributed by atoms with Crippen molar-refractivity contribution in [2.24, 2.45) is 0 Å². The second-order valence-electron chi connectivity index (χ2n) is 17.6. The van der Waals surface area contributed by atoms with Gasteiger partial charge in [0.15, 0.2) is 0 Å². The van der Waals surface area contributed by atoms with Crippen molar-refractivity contribution >= 4 is 33.7 Å². The maximum Gasteiger partial charge on any atom is 0.0713 e. The third-order valence-electron chi connectivity index (χ3n) is 13.9. The van der Waals surface area contributed by atoms with Crippen molar-refractivity contribution in [3.63, 3.8) is 0 Å². The molecule has 0 N–H and O–H groups in total. The average molecular weight is 839 g/mol. The lowest BCUT2D eigenvalue weighted by atomic mass is 9.67. The Labute approximate surface area is 387 Å². The number of hydrogen-bond donors (Lipinski definition) is 0. The van der Waals surface area contributed by atoms with Crippen molar-refractivity contribution in [1.29, 1.82) is 0 Å². The van der Waals surface area contributed by atoms with Crippen LogP contribution in [0.1, 0.15) is 38.9 Å². The third-order valence-corrected chi connectivity index (χ3v) is 13.9. The Balaban J connectivity index is 0.874. The summed E-state index contributed by atoms with van der Waals surface area (Å²) in [5.41, 5.74) is 20.9. The van der Waals surface area contributed by atoms with Crippen molar-refractivity contribution in [3.8, 4) is 55.6 Å². The first-order valence-corrected chi connectivity index (χ1v) is 23.0. The minimum Gasteiger partial charge on any atom is -0.0622 e. The number of fused-ring (bicyclic) bond motifs is 5. The lowest BCUT2D eigenvalue weighted by Crippen LogP contribution is -2.28. The van der Waals surface area contributed by atoms with Gasteiger partial charge < -0.3 is 0 Å². The maximum atomic E-state index is 2.36. The Bertz CT molecular complexity index is 3470. The molecule has 0 radical (unpaired) electrons. The standard InChI is InChI=1S/C66H46/c1-45-23-41-54(42-24-45)66(62-21-11-9-15-56(62)57-16-10-12-22-63(57)66)55-43-39-51(40-44-55)50-35-37-53(38-36-50)65-60-19-7-5-17-58(60)64(59-18-6-8-20-61(59)65)52-33-29-47(30-34-52)26-25-46-27-31-49(32-28-46)48-13-3-2-4-14-48/h2-44H,1H3. The lowest BCUT2D eigenvalue weighted by Gasteiger charge is -2.34. The van der Waals surface area contributed by atoms with Crippen LogP contribution < -0.4 is 0 Å². The van der Waals surface area contributed by atoms with Gasteiger partial charge in [0.2, 0.25) is 0 Å². The van der Waals surface area contributed by atoms with Crippen molar-refractivity contribution in [2.45, 2.75) is 12.3 Å². The van der Waals surface area contributed by atoms with Crippen LogP contribution in [0.2, 0.25) is 0 Å². The minimum atomic E-state index is -0.410. The van der Waals surface area contributed by atoms with E-state index in [0.29, 0.717) is 0 Å². The van der Waals surface area contributed by atoms with Crippen LogP contribution in [-0.4, -0.2) is 0 Å². The lowest BCUT2D eigenvalue weighted by molar-refractivity contribution is 0.768. The molecule has 1 aliphatic rings. The summed E-state index contributed by atoms with van der Waals surface area (Å²) in [6, 6.07) is 91.8. The molecule has 1 aliphatic carbocycles. The summed E-state index contributed by atoms with van der Waals surface area (Å²) in [5, 5.41) is 5.02. The SMILES string of the molecule is Cc1ccc(C2(c3ccc(-c4ccc(-c5c6ccccc6c(-c6ccc(C=Cc7ccc(-c8ccccc8)cc7)cc6)c6ccccc56)cc4)cc3)c3ccccc3-c3ccccc32)cc1. The Morgan fingerprint density at radius 3 is 1.05 bits per heavy atom. The molecule has 0 saturated carbocycles. The van der Waals surface area contributed by atoms with Crippen LogP contribution in [0.4, 0.5) is 0 Å². The molecule has 0 unspecified atom stereocenters. The molecule has 11 aromatic rings. The molecule has 0 saturated heterocycles. The van der Waals surface area contributed by atoms with E-state index in [0.717, 1.165) is 0 Å². The zero-order valence-electron chi connectivity index (χ0n) is 36.8. The second kappa shape index (κ2) is 16.3. The Hall–Kier alpha value is -8.32. The van der Waals surface area contributed by atoms with E-state index in [-0.39, 0.29) is 0 Å². The second-order valence-corrected chi connectivity index (χ2v) is 17.6. The van der Waals surface area contributed by atoms with Gasteiger partial charge in [-0.3, -0.25) is 0 Å². The van der Waals surface area contributed by atoms with Crippen LogP contribution in [0.3, 0.4) is 0 Å². The van der Waals surface area contributed by atoms with E-state index in [1.807, 2.05) is 0 Å². The summed E-state index contributed by atoms with van der Waals surface area (Å²) in [6.07, 6.45) is 4.40. The van der Waals surface area contributed by atoms with Gasteiger partial charge in [0.05, 0.1) is 5.41 Å². The molecule has 310 valence electrons. The van der Waals surface area contributed by atoms with Gasteiger partial charge in [0.25, 0.3) is 0 Å². The number of rotatable bonds is 8. The molecule has 0 heterocycles. The highest BCUT2D eigenvalue weighted by molar-refractivity contribution is 6.21. The number of benzene rings is 11. The predicted octanol–water partition coefficient (Wildman–Crippen LogP) is 17.5. The Morgan fingerprint density at radius 2 is 0.591 bits per heavy atom. The Kier molecular flexibility index (Phi) is 9.73. The number of hydrogen-bond acceptors (Lipinski definition) is 0. The largest absolute Gasteiger partial charge is 0.0713 e. The minimum absolute atomic E-state index is 0.410. The first kappa shape index (κ1) is 39.3. The summed E-state index contributed by atoms with van der Waals surface area (Å²) in [4.78, 5) is 0. The van der Waals surface area contributed by atoms with E-state index in [1.165, 1.54) is 116 Å². The molecule has 66 heavy (non-hydrogen) atoms. The first-order chi connectivity index (χ1) is 32.6. The fraction of sp³-hybridized carbons (Fsp3) is 0.0303. The van der Waals surface area contributed by atoms with Crippen LogP contribution in [0.15, 0.2) is 249 Å². The molecule has 11 aromatic carbocycles. The third kappa shape index (κ3) is 6.61. The molecule has 0 aliphatic heterocycles. The van der Waals surface area contributed by atoms with Crippen LogP contribution in [0.25, 0.3) is 89.3 Å². The van der Waals surface area contributed by atoms with E-state index in [9.17, 15) is 0 Å². The topological polar surface area (TPSA) is 0 Å². The smallest absolute Gasteiger partial charge is 0.0622 e. The number of aryl methyl sites for hydroxylation is 1. The zero-order valence-corrected chi connectivity index (χ0v) is 36.8. The van der Waals surface area contributed by atoms with Crippen molar-refractivity contribution in [1.82, 2.24) is 0 Å². The Morgan fingerprint density at radius 1 is 0.273 bits per heavy atom. The van der Waals surface area contributed by atoms with Gasteiger partial charge in [-0.1, -0.05) is 266 Å². The predicted molar refractivity (Wildman–Crippen MR) is 281 cm³/mol. The molecule has 0 amide bonds. The summed E-state index contributed by atoms with van der Waals surface area (Å²) in [5.74, 6) is 0. The van der Waals surface area contributed by atoms with Crippen LogP contribution in [0, 0.1) is 6.92 Å². The maximum absolute atomic E-state index is 2.36. The monoisotopic (exact) mass is 838 g/mol. The van der Waals surface area contributed by atoms with E-state index in [1.54, 1.807) is 0 Å². The van der Waals surface area contributed by atoms with Crippen LogP contribution in [-0.2, 0) is 5.41 Å². The molecule has 12 rings (SSSR count). The summed E-state index contributed by atoms with van der Waals surface area (Å²) in [7, 11) is 0. The molecule has 0 fully saturated rings. The van der Waals surface area contributed by atoms with Gasteiger partial charge in [0.1, 0.15) is 0 Å². The van der Waals surface area contributed by atoms with E-state index >= 15 is 0 Å². The van der Waals surface area contributed by atoms with Crippen LogP contribution in [0.5, 0.6) is 0 Å². The highest BCUT2D eigenvalue weighted by Crippen LogP contribution is 2.56. The van der Waals surface area contributed by atoms with Gasteiger partial charge in [-0.2, -0.15) is 0 Å². The van der Waals surface area contributed by atoms with E-state index < -0.39 is 5.41 Å². The normalized spacial score (nSPS) is 12.7. The molecule has 0 atom stereocenters. The van der Waals surface area contributed by atoms with E-state index in [2.05, 4.69) is 268 Å². The molecule has 0 aromatic heterocycles. The summed E-state index contributed by atoms with van der Waals surface area (Å²) >= 11 is 0. The molecular formula is C66H46. The van der Waals surface area contributed by atoms with Crippen molar-refractivity contribution < 1.29 is 0 Å². The first-order valence-electron chi connectivity index (χ1n) is 23.0. The molecule has 0 bridgehead atoms. The molecule has 0 spiro atoms. The fourth-order valence-corrected chi connectivity index (χ4v) is 10.7. The summed E-state index contributed by atoms with van der Waals surface area (Å²) in [6.45, 7) is 2.17. The average Bonchev–Trinajstić information content (AvgIpc) is 3.69. The quantitative estimate of drug-likeness (QED) is 0.106. The zero-order chi connectivity index (χ0) is 44.0. The van der Waals surface area contributed by atoms with Gasteiger partial charge in [-0.25, -0.2) is 0 Å². The highest BCUT2D eigenvalue weighted by Gasteiger charge is 2.45. The van der Waals surface area contributed by atoms with Gasteiger partial charge >= 0.3 is 0 Å².